The number of furan rings is 1. The Morgan fingerprint density at radius 1 is 1.15 bits per heavy atom. The molecule has 1 N–H and O–H groups in total. The van der Waals surface area contributed by atoms with Gasteiger partial charge in [0.05, 0.1) is 17.5 Å². The first kappa shape index (κ1) is 16.9. The molecule has 0 atom stereocenters. The molecule has 2 aromatic heterocycles. The summed E-state index contributed by atoms with van der Waals surface area (Å²) in [6, 6.07) is 15.2. The number of nitrogens with one attached hydrogen (secondary N) is 1. The van der Waals surface area contributed by atoms with Gasteiger partial charge in [-0.05, 0) is 30.7 Å². The molecule has 1 aliphatic heterocycles. The Labute approximate surface area is 156 Å². The first-order valence-electron chi connectivity index (χ1n) is 8.89. The third-order valence-corrected chi connectivity index (χ3v) is 4.73. The van der Waals surface area contributed by atoms with E-state index in [4.69, 9.17) is 4.42 Å². The zero-order valence-corrected chi connectivity index (χ0v) is 14.8. The van der Waals surface area contributed by atoms with Crippen molar-refractivity contribution < 1.29 is 9.21 Å². The van der Waals surface area contributed by atoms with Crippen molar-refractivity contribution in [2.75, 3.05) is 31.1 Å². The number of hydrogen-bond donors (Lipinski definition) is 1. The van der Waals surface area contributed by atoms with Crippen LogP contribution in [-0.4, -0.2) is 47.2 Å². The molecule has 7 heteroatoms. The van der Waals surface area contributed by atoms with Gasteiger partial charge in [-0.3, -0.25) is 9.89 Å². The summed E-state index contributed by atoms with van der Waals surface area (Å²) < 4.78 is 5.33. The standard InChI is InChI=1S/C20H19N5O2/c21-14-15-5-1-2-6-18(15)24-8-4-9-25(11-10-24)20(26)17-13-16(22-23-17)19-7-3-12-27-19/h1-3,5-7,12-13H,4,8-11H2,(H,22,23). The summed E-state index contributed by atoms with van der Waals surface area (Å²) in [6.45, 7) is 2.73. The lowest BCUT2D eigenvalue weighted by atomic mass is 10.1. The van der Waals surface area contributed by atoms with Crippen molar-refractivity contribution in [3.8, 4) is 17.5 Å². The van der Waals surface area contributed by atoms with Gasteiger partial charge >= 0.3 is 0 Å². The molecule has 0 aliphatic carbocycles. The van der Waals surface area contributed by atoms with E-state index in [0.717, 1.165) is 18.7 Å². The Bertz CT molecular complexity index is 970. The van der Waals surface area contributed by atoms with Crippen LogP contribution in [0.3, 0.4) is 0 Å². The summed E-state index contributed by atoms with van der Waals surface area (Å²) >= 11 is 0. The second-order valence-electron chi connectivity index (χ2n) is 6.41. The maximum Gasteiger partial charge on any atom is 0.274 e. The smallest absolute Gasteiger partial charge is 0.274 e. The van der Waals surface area contributed by atoms with Crippen LogP contribution in [0.25, 0.3) is 11.5 Å². The number of amides is 1. The molecular weight excluding hydrogens is 342 g/mol. The normalized spacial score (nSPS) is 14.6. The van der Waals surface area contributed by atoms with E-state index < -0.39 is 0 Å². The summed E-state index contributed by atoms with van der Waals surface area (Å²) in [4.78, 5) is 16.8. The summed E-state index contributed by atoms with van der Waals surface area (Å²) in [5, 5.41) is 16.3. The molecular formula is C20H19N5O2. The van der Waals surface area contributed by atoms with Crippen molar-refractivity contribution in [3.05, 3.63) is 60.0 Å². The van der Waals surface area contributed by atoms with Gasteiger partial charge in [-0.1, -0.05) is 12.1 Å². The highest BCUT2D eigenvalue weighted by Crippen LogP contribution is 2.22. The largest absolute Gasteiger partial charge is 0.463 e. The Morgan fingerprint density at radius 3 is 2.85 bits per heavy atom. The second-order valence-corrected chi connectivity index (χ2v) is 6.41. The van der Waals surface area contributed by atoms with Crippen LogP contribution in [0, 0.1) is 11.3 Å². The molecule has 136 valence electrons. The Hall–Kier alpha value is -3.53. The van der Waals surface area contributed by atoms with Crippen molar-refractivity contribution in [1.82, 2.24) is 15.1 Å². The van der Waals surface area contributed by atoms with Crippen LogP contribution in [0.2, 0.25) is 0 Å². The number of benzene rings is 1. The quantitative estimate of drug-likeness (QED) is 0.775. The predicted molar refractivity (Wildman–Crippen MR) is 100 cm³/mol. The number of carbonyl (C=O) groups excluding carboxylic acids is 1. The van der Waals surface area contributed by atoms with Crippen LogP contribution >= 0.6 is 0 Å². The van der Waals surface area contributed by atoms with Crippen LogP contribution in [0.15, 0.2) is 53.1 Å². The lowest BCUT2D eigenvalue weighted by molar-refractivity contribution is 0.0761. The first-order valence-corrected chi connectivity index (χ1v) is 8.89. The molecule has 0 radical (unpaired) electrons. The lowest BCUT2D eigenvalue weighted by Crippen LogP contribution is -2.35. The minimum Gasteiger partial charge on any atom is -0.463 e. The third kappa shape index (κ3) is 3.42. The highest BCUT2D eigenvalue weighted by molar-refractivity contribution is 5.93. The molecule has 1 amide bonds. The van der Waals surface area contributed by atoms with Crippen LogP contribution in [0.4, 0.5) is 5.69 Å². The highest BCUT2D eigenvalue weighted by Gasteiger charge is 2.23. The molecule has 1 aromatic carbocycles. The third-order valence-electron chi connectivity index (χ3n) is 4.73. The SMILES string of the molecule is N#Cc1ccccc1N1CCCN(C(=O)c2cc(-c3ccco3)[nH]n2)CC1. The number of hydrogen-bond acceptors (Lipinski definition) is 5. The fraction of sp³-hybridized carbons (Fsp3) is 0.250. The van der Waals surface area contributed by atoms with Crippen LogP contribution in [-0.2, 0) is 0 Å². The van der Waals surface area contributed by atoms with E-state index in [1.165, 1.54) is 0 Å². The van der Waals surface area contributed by atoms with Crippen LogP contribution < -0.4 is 4.90 Å². The molecule has 1 fully saturated rings. The van der Waals surface area contributed by atoms with E-state index in [1.807, 2.05) is 35.2 Å². The van der Waals surface area contributed by atoms with Crippen molar-refractivity contribution in [2.45, 2.75) is 6.42 Å². The summed E-state index contributed by atoms with van der Waals surface area (Å²) in [7, 11) is 0. The number of aromatic amines is 1. The topological polar surface area (TPSA) is 89.2 Å². The van der Waals surface area contributed by atoms with Crippen molar-refractivity contribution in [3.63, 3.8) is 0 Å². The van der Waals surface area contributed by atoms with Crippen molar-refractivity contribution in [2.24, 2.45) is 0 Å². The molecule has 1 saturated heterocycles. The Kier molecular flexibility index (Phi) is 4.62. The lowest BCUT2D eigenvalue weighted by Gasteiger charge is -2.24. The van der Waals surface area contributed by atoms with E-state index in [9.17, 15) is 10.1 Å². The molecule has 0 bridgehead atoms. The van der Waals surface area contributed by atoms with Crippen LogP contribution in [0.5, 0.6) is 0 Å². The van der Waals surface area contributed by atoms with Crippen molar-refractivity contribution in [1.29, 1.82) is 5.26 Å². The van der Waals surface area contributed by atoms with E-state index >= 15 is 0 Å². The monoisotopic (exact) mass is 361 g/mol. The molecule has 0 unspecified atom stereocenters. The molecule has 3 heterocycles. The number of aromatic nitrogens is 2. The number of H-pyrrole nitrogens is 1. The van der Waals surface area contributed by atoms with Gasteiger partial charge in [0.1, 0.15) is 11.8 Å². The maximum absolute atomic E-state index is 12.8. The van der Waals surface area contributed by atoms with Gasteiger partial charge in [-0.2, -0.15) is 10.4 Å². The Balaban J connectivity index is 1.47. The van der Waals surface area contributed by atoms with Gasteiger partial charge < -0.3 is 14.2 Å². The zero-order chi connectivity index (χ0) is 18.6. The van der Waals surface area contributed by atoms with E-state index in [-0.39, 0.29) is 5.91 Å². The van der Waals surface area contributed by atoms with Gasteiger partial charge in [0.2, 0.25) is 0 Å². The number of para-hydroxylation sites is 1. The fourth-order valence-corrected chi connectivity index (χ4v) is 3.36. The van der Waals surface area contributed by atoms with Gasteiger partial charge in [-0.15, -0.1) is 0 Å². The number of carbonyl (C=O) groups is 1. The fourth-order valence-electron chi connectivity index (χ4n) is 3.36. The number of nitriles is 1. The summed E-state index contributed by atoms with van der Waals surface area (Å²) in [5.41, 5.74) is 2.65. The first-order chi connectivity index (χ1) is 13.3. The van der Waals surface area contributed by atoms with Gasteiger partial charge in [0.15, 0.2) is 11.5 Å². The molecule has 1 aliphatic rings. The average molecular weight is 361 g/mol. The molecule has 0 saturated carbocycles. The zero-order valence-electron chi connectivity index (χ0n) is 14.8. The maximum atomic E-state index is 12.8. The Morgan fingerprint density at radius 2 is 2.04 bits per heavy atom. The van der Waals surface area contributed by atoms with E-state index in [0.29, 0.717) is 42.3 Å². The molecule has 7 nitrogen and oxygen atoms in total. The van der Waals surface area contributed by atoms with Gasteiger partial charge in [0, 0.05) is 32.2 Å². The number of rotatable bonds is 3. The van der Waals surface area contributed by atoms with Crippen molar-refractivity contribution >= 4 is 11.6 Å². The van der Waals surface area contributed by atoms with E-state index in [2.05, 4.69) is 21.2 Å². The molecule has 4 rings (SSSR count). The average Bonchev–Trinajstić information content (AvgIpc) is 3.35. The van der Waals surface area contributed by atoms with E-state index in [1.54, 1.807) is 18.4 Å². The highest BCUT2D eigenvalue weighted by atomic mass is 16.3. The molecule has 0 spiro atoms. The van der Waals surface area contributed by atoms with Gasteiger partial charge in [-0.25, -0.2) is 0 Å². The van der Waals surface area contributed by atoms with Crippen LogP contribution in [0.1, 0.15) is 22.5 Å². The molecule has 27 heavy (non-hydrogen) atoms. The minimum atomic E-state index is -0.0977. The number of nitrogens with zero attached hydrogens (tertiary/aromatic N) is 4. The molecule has 3 aromatic rings. The second kappa shape index (κ2) is 7.38. The van der Waals surface area contributed by atoms with Gasteiger partial charge in [0.25, 0.3) is 5.91 Å². The summed E-state index contributed by atoms with van der Waals surface area (Å²) in [5.74, 6) is 0.552. The number of anilines is 1. The minimum absolute atomic E-state index is 0.0977. The predicted octanol–water partition coefficient (Wildman–Crippen LogP) is 2.89. The summed E-state index contributed by atoms with van der Waals surface area (Å²) in [6.07, 6.45) is 2.42.